The van der Waals surface area contributed by atoms with Crippen molar-refractivity contribution in [3.63, 3.8) is 0 Å². The van der Waals surface area contributed by atoms with E-state index in [1.54, 1.807) is 18.6 Å². The second-order valence-corrected chi connectivity index (χ2v) is 2.15. The Morgan fingerprint density at radius 2 is 2.36 bits per heavy atom. The molecule has 11 heavy (non-hydrogen) atoms. The van der Waals surface area contributed by atoms with Crippen molar-refractivity contribution < 1.29 is 0 Å². The molecule has 54 valence electrons. The van der Waals surface area contributed by atoms with Gasteiger partial charge < -0.3 is 4.57 Å². The van der Waals surface area contributed by atoms with Gasteiger partial charge in [0, 0.05) is 31.0 Å². The van der Waals surface area contributed by atoms with E-state index in [0.717, 1.165) is 5.82 Å². The highest BCUT2D eigenvalue weighted by atomic mass is 15.0. The van der Waals surface area contributed by atoms with Crippen LogP contribution in [0, 0.1) is 0 Å². The molecule has 0 fully saturated rings. The molecule has 0 aromatic carbocycles. The average Bonchev–Trinajstić information content (AvgIpc) is 2.35. The summed E-state index contributed by atoms with van der Waals surface area (Å²) in [6.45, 7) is 0. The second-order valence-electron chi connectivity index (χ2n) is 2.15. The lowest BCUT2D eigenvalue weighted by atomic mass is 10.5. The Morgan fingerprint density at radius 1 is 1.36 bits per heavy atom. The summed E-state index contributed by atoms with van der Waals surface area (Å²) < 4.78 is 1.93. The average molecular weight is 145 g/mol. The lowest BCUT2D eigenvalue weighted by molar-refractivity contribution is 1.10. The summed E-state index contributed by atoms with van der Waals surface area (Å²) in [4.78, 5) is 8.07. The van der Waals surface area contributed by atoms with Gasteiger partial charge in [0.2, 0.25) is 0 Å². The number of hydrogen-bond acceptors (Lipinski definition) is 2. The Kier molecular flexibility index (Phi) is 1.41. The van der Waals surface area contributed by atoms with Gasteiger partial charge in [-0.1, -0.05) is 0 Å². The van der Waals surface area contributed by atoms with Gasteiger partial charge in [-0.05, 0) is 12.2 Å². The van der Waals surface area contributed by atoms with Crippen molar-refractivity contribution in [3.8, 4) is 0 Å². The molecule has 0 unspecified atom stereocenters. The van der Waals surface area contributed by atoms with Crippen LogP contribution in [0.25, 0.3) is 12.3 Å². The topological polar surface area (TPSA) is 30.2 Å². The van der Waals surface area contributed by atoms with Crippen molar-refractivity contribution in [3.05, 3.63) is 30.5 Å². The van der Waals surface area contributed by atoms with E-state index in [2.05, 4.69) is 9.98 Å². The molecule has 0 aliphatic carbocycles. The SMILES string of the molecule is C1=Cn2ccnc2C=CN=C1. The summed E-state index contributed by atoms with van der Waals surface area (Å²) in [7, 11) is 0. The monoisotopic (exact) mass is 145 g/mol. The van der Waals surface area contributed by atoms with Crippen LogP contribution in [0.15, 0.2) is 29.7 Å². The number of aromatic nitrogens is 2. The van der Waals surface area contributed by atoms with Crippen molar-refractivity contribution >= 4 is 18.5 Å². The second kappa shape index (κ2) is 2.54. The minimum atomic E-state index is 0.901. The van der Waals surface area contributed by atoms with Crippen molar-refractivity contribution in [2.75, 3.05) is 0 Å². The number of fused-ring (bicyclic) bond motifs is 1. The number of allylic oxidation sites excluding steroid dienone is 1. The van der Waals surface area contributed by atoms with Gasteiger partial charge in [0.1, 0.15) is 5.82 Å². The Balaban J connectivity index is 2.52. The molecule has 0 saturated heterocycles. The van der Waals surface area contributed by atoms with Crippen LogP contribution in [0.1, 0.15) is 5.82 Å². The first-order valence-electron chi connectivity index (χ1n) is 3.36. The fourth-order valence-corrected chi connectivity index (χ4v) is 0.920. The van der Waals surface area contributed by atoms with Gasteiger partial charge >= 0.3 is 0 Å². The zero-order valence-electron chi connectivity index (χ0n) is 5.88. The number of rotatable bonds is 0. The number of aliphatic imine (C=N–C) groups is 1. The first-order valence-corrected chi connectivity index (χ1v) is 3.36. The number of hydrogen-bond donors (Lipinski definition) is 0. The highest BCUT2D eigenvalue weighted by Gasteiger charge is 1.93. The third-order valence-electron chi connectivity index (χ3n) is 1.43. The van der Waals surface area contributed by atoms with Crippen LogP contribution in [-0.4, -0.2) is 15.8 Å². The molecular formula is C8H7N3. The molecule has 0 spiro atoms. The summed E-state index contributed by atoms with van der Waals surface area (Å²) in [5.41, 5.74) is 0. The van der Waals surface area contributed by atoms with Crippen LogP contribution in [0.3, 0.4) is 0 Å². The largest absolute Gasteiger partial charge is 0.307 e. The summed E-state index contributed by atoms with van der Waals surface area (Å²) in [6, 6.07) is 0. The quantitative estimate of drug-likeness (QED) is 0.542. The van der Waals surface area contributed by atoms with Crippen molar-refractivity contribution in [2.45, 2.75) is 0 Å². The van der Waals surface area contributed by atoms with Crippen LogP contribution < -0.4 is 0 Å². The predicted molar refractivity (Wildman–Crippen MR) is 45.1 cm³/mol. The zero-order valence-corrected chi connectivity index (χ0v) is 5.88. The van der Waals surface area contributed by atoms with Crippen LogP contribution in [0.2, 0.25) is 0 Å². The third-order valence-corrected chi connectivity index (χ3v) is 1.43. The molecular weight excluding hydrogens is 138 g/mol. The predicted octanol–water partition coefficient (Wildman–Crippen LogP) is 1.41. The molecule has 0 saturated carbocycles. The molecule has 3 heteroatoms. The molecule has 2 rings (SSSR count). The highest BCUT2D eigenvalue weighted by molar-refractivity contribution is 5.76. The van der Waals surface area contributed by atoms with Gasteiger partial charge in [-0.3, -0.25) is 4.99 Å². The molecule has 2 heterocycles. The maximum absolute atomic E-state index is 4.11. The van der Waals surface area contributed by atoms with Gasteiger partial charge in [-0.2, -0.15) is 0 Å². The van der Waals surface area contributed by atoms with E-state index in [1.165, 1.54) is 0 Å². The molecule has 1 aromatic rings. The molecule has 1 aromatic heterocycles. The van der Waals surface area contributed by atoms with Gasteiger partial charge in [-0.25, -0.2) is 4.98 Å². The van der Waals surface area contributed by atoms with E-state index >= 15 is 0 Å². The molecule has 0 radical (unpaired) electrons. The minimum absolute atomic E-state index is 0.901. The number of nitrogens with zero attached hydrogens (tertiary/aromatic N) is 3. The van der Waals surface area contributed by atoms with Crippen LogP contribution in [-0.2, 0) is 0 Å². The van der Waals surface area contributed by atoms with Gasteiger partial charge in [0.15, 0.2) is 0 Å². The van der Waals surface area contributed by atoms with Crippen molar-refractivity contribution in [1.82, 2.24) is 9.55 Å². The van der Waals surface area contributed by atoms with E-state index in [-0.39, 0.29) is 0 Å². The van der Waals surface area contributed by atoms with E-state index < -0.39 is 0 Å². The molecule has 0 N–H and O–H groups in total. The Bertz CT molecular complexity index is 300. The molecule has 1 aliphatic rings. The lowest BCUT2D eigenvalue weighted by Crippen LogP contribution is -1.89. The first-order chi connectivity index (χ1) is 5.47. The van der Waals surface area contributed by atoms with E-state index in [1.807, 2.05) is 29.1 Å². The van der Waals surface area contributed by atoms with Crippen LogP contribution in [0.5, 0.6) is 0 Å². The fourth-order valence-electron chi connectivity index (χ4n) is 0.920. The standard InChI is InChI=1S/C8H7N3/c1-3-9-4-2-8-10-5-7-11(8)6-1/h1-7H. The third kappa shape index (κ3) is 1.12. The summed E-state index contributed by atoms with van der Waals surface area (Å²) in [5.74, 6) is 0.901. The Labute approximate surface area is 64.4 Å². The Hall–Kier alpha value is -1.64. The summed E-state index contributed by atoms with van der Waals surface area (Å²) in [6.07, 6.45) is 12.8. The molecule has 1 aliphatic heterocycles. The van der Waals surface area contributed by atoms with Crippen molar-refractivity contribution in [2.24, 2.45) is 4.99 Å². The molecule has 0 amide bonds. The smallest absolute Gasteiger partial charge is 0.138 e. The molecule has 3 nitrogen and oxygen atoms in total. The van der Waals surface area contributed by atoms with E-state index in [0.29, 0.717) is 0 Å². The summed E-state index contributed by atoms with van der Waals surface area (Å²) >= 11 is 0. The van der Waals surface area contributed by atoms with Crippen molar-refractivity contribution in [1.29, 1.82) is 0 Å². The fraction of sp³-hybridized carbons (Fsp3) is 0. The van der Waals surface area contributed by atoms with Gasteiger partial charge in [0.25, 0.3) is 0 Å². The maximum atomic E-state index is 4.11. The Morgan fingerprint density at radius 3 is 3.36 bits per heavy atom. The first kappa shape index (κ1) is 6.09. The number of imidazole rings is 1. The summed E-state index contributed by atoms with van der Waals surface area (Å²) in [5, 5.41) is 0. The van der Waals surface area contributed by atoms with Crippen LogP contribution in [0.4, 0.5) is 0 Å². The van der Waals surface area contributed by atoms with E-state index in [4.69, 9.17) is 0 Å². The molecule has 0 atom stereocenters. The maximum Gasteiger partial charge on any atom is 0.138 e. The zero-order chi connectivity index (χ0) is 7.52. The lowest BCUT2D eigenvalue weighted by Gasteiger charge is -1.95. The molecule has 0 bridgehead atoms. The van der Waals surface area contributed by atoms with Gasteiger partial charge in [0.05, 0.1) is 0 Å². The highest BCUT2D eigenvalue weighted by Crippen LogP contribution is 2.02. The normalized spacial score (nSPS) is 14.2. The van der Waals surface area contributed by atoms with E-state index in [9.17, 15) is 0 Å². The van der Waals surface area contributed by atoms with Gasteiger partial charge in [-0.15, -0.1) is 0 Å². The van der Waals surface area contributed by atoms with Crippen LogP contribution >= 0.6 is 0 Å². The minimum Gasteiger partial charge on any atom is -0.307 e.